The maximum absolute atomic E-state index is 6.74. The SMILES string of the molecule is CCc1nc(C2(N)CCCCC2c2ccccc2)no1. The molecule has 1 heterocycles. The Balaban J connectivity index is 1.99. The number of nitrogens with zero attached hydrogens (tertiary/aromatic N) is 2. The molecule has 20 heavy (non-hydrogen) atoms. The highest BCUT2D eigenvalue weighted by Gasteiger charge is 2.43. The summed E-state index contributed by atoms with van der Waals surface area (Å²) in [6, 6.07) is 10.5. The van der Waals surface area contributed by atoms with E-state index in [1.165, 1.54) is 12.0 Å². The number of aryl methyl sites for hydroxylation is 1. The summed E-state index contributed by atoms with van der Waals surface area (Å²) >= 11 is 0. The quantitative estimate of drug-likeness (QED) is 0.931. The van der Waals surface area contributed by atoms with Gasteiger partial charge in [-0.15, -0.1) is 0 Å². The average molecular weight is 271 g/mol. The van der Waals surface area contributed by atoms with Gasteiger partial charge in [-0.2, -0.15) is 4.98 Å². The van der Waals surface area contributed by atoms with Gasteiger partial charge in [-0.3, -0.25) is 0 Å². The van der Waals surface area contributed by atoms with Gasteiger partial charge in [0.25, 0.3) is 0 Å². The van der Waals surface area contributed by atoms with Crippen molar-refractivity contribution in [2.24, 2.45) is 5.73 Å². The maximum atomic E-state index is 6.74. The molecule has 2 N–H and O–H groups in total. The summed E-state index contributed by atoms with van der Waals surface area (Å²) in [4.78, 5) is 4.50. The van der Waals surface area contributed by atoms with Gasteiger partial charge < -0.3 is 10.3 Å². The molecule has 106 valence electrons. The standard InChI is InChI=1S/C16H21N3O/c1-2-14-18-15(19-20-14)16(17)11-7-6-10-13(16)12-8-4-3-5-9-12/h3-5,8-9,13H,2,6-7,10-11,17H2,1H3. The molecule has 1 fully saturated rings. The molecule has 0 saturated heterocycles. The molecule has 2 atom stereocenters. The van der Waals surface area contributed by atoms with E-state index in [-0.39, 0.29) is 5.92 Å². The minimum Gasteiger partial charge on any atom is -0.339 e. The summed E-state index contributed by atoms with van der Waals surface area (Å²) in [6.45, 7) is 2.01. The molecule has 3 rings (SSSR count). The Morgan fingerprint density at radius 2 is 2.10 bits per heavy atom. The van der Waals surface area contributed by atoms with Crippen molar-refractivity contribution in [3.05, 3.63) is 47.6 Å². The normalized spacial score (nSPS) is 26.6. The summed E-state index contributed by atoms with van der Waals surface area (Å²) in [5.74, 6) is 1.60. The van der Waals surface area contributed by atoms with Gasteiger partial charge >= 0.3 is 0 Å². The number of aromatic nitrogens is 2. The molecule has 2 unspecified atom stereocenters. The zero-order valence-corrected chi connectivity index (χ0v) is 11.9. The Morgan fingerprint density at radius 1 is 1.30 bits per heavy atom. The second-order valence-electron chi connectivity index (χ2n) is 5.61. The van der Waals surface area contributed by atoms with E-state index in [9.17, 15) is 0 Å². The minimum absolute atomic E-state index is 0.264. The van der Waals surface area contributed by atoms with Crippen LogP contribution in [0.4, 0.5) is 0 Å². The highest BCUT2D eigenvalue weighted by molar-refractivity contribution is 5.27. The Morgan fingerprint density at radius 3 is 2.80 bits per heavy atom. The second-order valence-corrected chi connectivity index (χ2v) is 5.61. The fourth-order valence-corrected chi connectivity index (χ4v) is 3.20. The molecule has 4 heteroatoms. The summed E-state index contributed by atoms with van der Waals surface area (Å²) in [7, 11) is 0. The van der Waals surface area contributed by atoms with Crippen molar-refractivity contribution in [3.8, 4) is 0 Å². The summed E-state index contributed by atoms with van der Waals surface area (Å²) < 4.78 is 5.28. The number of hydrogen-bond donors (Lipinski definition) is 1. The highest BCUT2D eigenvalue weighted by Crippen LogP contribution is 2.44. The molecule has 1 aromatic heterocycles. The average Bonchev–Trinajstić information content (AvgIpc) is 2.98. The first-order valence-electron chi connectivity index (χ1n) is 7.41. The van der Waals surface area contributed by atoms with E-state index in [0.29, 0.717) is 11.7 Å². The third kappa shape index (κ3) is 2.24. The first-order valence-corrected chi connectivity index (χ1v) is 7.41. The molecular weight excluding hydrogens is 250 g/mol. The molecule has 0 amide bonds. The van der Waals surface area contributed by atoms with Crippen molar-refractivity contribution >= 4 is 0 Å². The Kier molecular flexibility index (Phi) is 3.57. The van der Waals surface area contributed by atoms with Gasteiger partial charge in [0.15, 0.2) is 5.82 Å². The van der Waals surface area contributed by atoms with Crippen LogP contribution in [-0.2, 0) is 12.0 Å². The topological polar surface area (TPSA) is 64.9 Å². The van der Waals surface area contributed by atoms with Gasteiger partial charge in [0.2, 0.25) is 5.89 Å². The predicted octanol–water partition coefficient (Wildman–Crippen LogP) is 3.14. The smallest absolute Gasteiger partial charge is 0.226 e. The lowest BCUT2D eigenvalue weighted by atomic mass is 9.70. The number of nitrogens with two attached hydrogens (primary N) is 1. The lowest BCUT2D eigenvalue weighted by molar-refractivity contribution is 0.233. The Labute approximate surface area is 119 Å². The molecule has 0 radical (unpaired) electrons. The van der Waals surface area contributed by atoms with E-state index in [1.54, 1.807) is 0 Å². The lowest BCUT2D eigenvalue weighted by Gasteiger charge is -2.39. The number of hydrogen-bond acceptors (Lipinski definition) is 4. The predicted molar refractivity (Wildman–Crippen MR) is 77.2 cm³/mol. The van der Waals surface area contributed by atoms with Crippen LogP contribution in [0.3, 0.4) is 0 Å². The van der Waals surface area contributed by atoms with Crippen molar-refractivity contribution in [1.82, 2.24) is 10.1 Å². The highest BCUT2D eigenvalue weighted by atomic mass is 16.5. The van der Waals surface area contributed by atoms with Crippen LogP contribution in [0.5, 0.6) is 0 Å². The second kappa shape index (κ2) is 5.37. The molecule has 1 aliphatic rings. The van der Waals surface area contributed by atoms with E-state index in [4.69, 9.17) is 10.3 Å². The first-order chi connectivity index (χ1) is 9.74. The van der Waals surface area contributed by atoms with Crippen LogP contribution in [0.2, 0.25) is 0 Å². The summed E-state index contributed by atoms with van der Waals surface area (Å²) in [5.41, 5.74) is 7.51. The van der Waals surface area contributed by atoms with E-state index in [0.717, 1.165) is 25.7 Å². The minimum atomic E-state index is -0.503. The first kappa shape index (κ1) is 13.3. The molecule has 2 aromatic rings. The molecule has 1 aromatic carbocycles. The monoisotopic (exact) mass is 271 g/mol. The summed E-state index contributed by atoms with van der Waals surface area (Å²) in [6.07, 6.45) is 5.07. The van der Waals surface area contributed by atoms with Gasteiger partial charge in [-0.25, -0.2) is 0 Å². The molecule has 1 aliphatic carbocycles. The van der Waals surface area contributed by atoms with E-state index >= 15 is 0 Å². The molecule has 1 saturated carbocycles. The largest absolute Gasteiger partial charge is 0.339 e. The molecule has 0 aliphatic heterocycles. The van der Waals surface area contributed by atoms with Crippen molar-refractivity contribution < 1.29 is 4.52 Å². The van der Waals surface area contributed by atoms with Crippen LogP contribution in [0.1, 0.15) is 55.8 Å². The van der Waals surface area contributed by atoms with Crippen molar-refractivity contribution in [3.63, 3.8) is 0 Å². The molecule has 0 bridgehead atoms. The van der Waals surface area contributed by atoms with Crippen LogP contribution >= 0.6 is 0 Å². The van der Waals surface area contributed by atoms with Crippen LogP contribution in [0, 0.1) is 0 Å². The van der Waals surface area contributed by atoms with Crippen LogP contribution in [0.15, 0.2) is 34.9 Å². The zero-order valence-electron chi connectivity index (χ0n) is 11.9. The fourth-order valence-electron chi connectivity index (χ4n) is 3.20. The van der Waals surface area contributed by atoms with Gasteiger partial charge in [-0.05, 0) is 18.4 Å². The number of rotatable bonds is 3. The Bertz CT molecular complexity index is 566. The summed E-state index contributed by atoms with van der Waals surface area (Å²) in [5, 5.41) is 4.15. The zero-order chi connectivity index (χ0) is 14.0. The molecular formula is C16H21N3O. The van der Waals surface area contributed by atoms with E-state index in [2.05, 4.69) is 34.4 Å². The third-order valence-electron chi connectivity index (χ3n) is 4.34. The van der Waals surface area contributed by atoms with Crippen molar-refractivity contribution in [2.45, 2.75) is 50.5 Å². The van der Waals surface area contributed by atoms with Gasteiger partial charge in [0.1, 0.15) is 0 Å². The van der Waals surface area contributed by atoms with Gasteiger partial charge in [0.05, 0.1) is 5.54 Å². The van der Waals surface area contributed by atoms with Crippen LogP contribution < -0.4 is 5.73 Å². The Hall–Kier alpha value is -1.68. The van der Waals surface area contributed by atoms with Crippen LogP contribution in [0.25, 0.3) is 0 Å². The van der Waals surface area contributed by atoms with Gasteiger partial charge in [0, 0.05) is 12.3 Å². The third-order valence-corrected chi connectivity index (χ3v) is 4.34. The molecule has 0 spiro atoms. The van der Waals surface area contributed by atoms with Crippen molar-refractivity contribution in [2.75, 3.05) is 0 Å². The fraction of sp³-hybridized carbons (Fsp3) is 0.500. The van der Waals surface area contributed by atoms with Crippen molar-refractivity contribution in [1.29, 1.82) is 0 Å². The molecule has 4 nitrogen and oxygen atoms in total. The van der Waals surface area contributed by atoms with Gasteiger partial charge in [-0.1, -0.05) is 55.3 Å². The maximum Gasteiger partial charge on any atom is 0.226 e. The van der Waals surface area contributed by atoms with E-state index < -0.39 is 5.54 Å². The lowest BCUT2D eigenvalue weighted by Crippen LogP contribution is -2.46. The van der Waals surface area contributed by atoms with E-state index in [1.807, 2.05) is 13.0 Å². The number of benzene rings is 1. The van der Waals surface area contributed by atoms with Crippen LogP contribution in [-0.4, -0.2) is 10.1 Å².